The normalized spacial score (nSPS) is 15.1. The Morgan fingerprint density at radius 1 is 1.00 bits per heavy atom. The fourth-order valence-corrected chi connectivity index (χ4v) is 4.75. The average molecular weight is 400 g/mol. The molecule has 2 heterocycles. The third-order valence-electron chi connectivity index (χ3n) is 4.61. The van der Waals surface area contributed by atoms with Crippen molar-refractivity contribution in [2.75, 3.05) is 6.54 Å². The monoisotopic (exact) mass is 399 g/mol. The molecule has 0 unspecified atom stereocenters. The third kappa shape index (κ3) is 3.86. The van der Waals surface area contributed by atoms with E-state index in [4.69, 9.17) is 16.0 Å². The first-order chi connectivity index (χ1) is 13.0. The molecule has 0 bridgehead atoms. The zero-order valence-corrected chi connectivity index (χ0v) is 16.1. The summed E-state index contributed by atoms with van der Waals surface area (Å²) in [7, 11) is -3.52. The van der Waals surface area contributed by atoms with Crippen LogP contribution in [0.3, 0.4) is 0 Å². The van der Waals surface area contributed by atoms with Gasteiger partial charge in [0.25, 0.3) is 0 Å². The molecule has 1 aliphatic rings. The highest BCUT2D eigenvalue weighted by molar-refractivity contribution is 7.89. The minimum Gasteiger partial charge on any atom is -0.469 e. The first-order valence-corrected chi connectivity index (χ1v) is 10.4. The smallest absolute Gasteiger partial charge is 0.243 e. The molecule has 0 atom stereocenters. The lowest BCUT2D eigenvalue weighted by molar-refractivity contribution is 0.362. The number of rotatable bonds is 4. The summed E-state index contributed by atoms with van der Waals surface area (Å²) in [6.45, 7) is 0.782. The molecule has 2 aromatic carbocycles. The highest BCUT2D eigenvalue weighted by atomic mass is 35.5. The number of sulfonamides is 1. The van der Waals surface area contributed by atoms with E-state index >= 15 is 0 Å². The van der Waals surface area contributed by atoms with Gasteiger partial charge in [-0.25, -0.2) is 8.42 Å². The summed E-state index contributed by atoms with van der Waals surface area (Å²) in [5, 5.41) is 0.681. The number of benzene rings is 2. The summed E-state index contributed by atoms with van der Waals surface area (Å²) < 4.78 is 32.7. The Morgan fingerprint density at radius 2 is 1.78 bits per heavy atom. The van der Waals surface area contributed by atoms with Crippen molar-refractivity contribution >= 4 is 33.8 Å². The van der Waals surface area contributed by atoms with Gasteiger partial charge in [0.2, 0.25) is 10.0 Å². The largest absolute Gasteiger partial charge is 0.469 e. The minimum atomic E-state index is -3.52. The molecule has 6 heteroatoms. The predicted molar refractivity (Wildman–Crippen MR) is 107 cm³/mol. The molecule has 27 heavy (non-hydrogen) atoms. The molecule has 3 aromatic rings. The van der Waals surface area contributed by atoms with E-state index in [9.17, 15) is 8.42 Å². The number of furan rings is 1. The fraction of sp³-hybridized carbons (Fsp3) is 0.143. The Labute approximate surface area is 163 Å². The maximum Gasteiger partial charge on any atom is 0.243 e. The molecule has 0 spiro atoms. The Hall–Kier alpha value is -2.34. The number of hydrogen-bond acceptors (Lipinski definition) is 3. The van der Waals surface area contributed by atoms with Crippen molar-refractivity contribution in [3.8, 4) is 0 Å². The number of nitrogens with zero attached hydrogens (tertiary/aromatic N) is 1. The van der Waals surface area contributed by atoms with E-state index in [-0.39, 0.29) is 0 Å². The van der Waals surface area contributed by atoms with E-state index in [2.05, 4.69) is 0 Å². The van der Waals surface area contributed by atoms with Crippen LogP contribution in [-0.2, 0) is 23.0 Å². The van der Waals surface area contributed by atoms with Gasteiger partial charge in [0.1, 0.15) is 5.76 Å². The Morgan fingerprint density at radius 3 is 2.56 bits per heavy atom. The van der Waals surface area contributed by atoms with Gasteiger partial charge >= 0.3 is 0 Å². The van der Waals surface area contributed by atoms with Crippen LogP contribution < -0.4 is 0 Å². The lowest BCUT2D eigenvalue weighted by Crippen LogP contribution is -2.35. The molecule has 4 rings (SSSR count). The van der Waals surface area contributed by atoms with Crippen LogP contribution in [0.5, 0.6) is 0 Å². The summed E-state index contributed by atoms with van der Waals surface area (Å²) in [4.78, 5) is 0.300. The van der Waals surface area contributed by atoms with Crippen LogP contribution in [0.15, 0.2) is 70.2 Å². The molecule has 138 valence electrons. The maximum absolute atomic E-state index is 12.9. The second-order valence-corrected chi connectivity index (χ2v) is 8.79. The van der Waals surface area contributed by atoms with Crippen molar-refractivity contribution in [3.63, 3.8) is 0 Å². The maximum atomic E-state index is 12.9. The van der Waals surface area contributed by atoms with Crippen molar-refractivity contribution < 1.29 is 12.8 Å². The highest BCUT2D eigenvalue weighted by Crippen LogP contribution is 2.26. The number of hydrogen-bond donors (Lipinski definition) is 0. The second kappa shape index (κ2) is 7.35. The topological polar surface area (TPSA) is 50.5 Å². The molecular weight excluding hydrogens is 382 g/mol. The molecule has 0 saturated heterocycles. The summed E-state index contributed by atoms with van der Waals surface area (Å²) in [6.07, 6.45) is 6.09. The van der Waals surface area contributed by atoms with E-state index in [1.54, 1.807) is 30.5 Å². The quantitative estimate of drug-likeness (QED) is 0.589. The van der Waals surface area contributed by atoms with Gasteiger partial charge in [-0.3, -0.25) is 0 Å². The first kappa shape index (κ1) is 18.0. The third-order valence-corrected chi connectivity index (χ3v) is 6.70. The van der Waals surface area contributed by atoms with Crippen LogP contribution in [-0.4, -0.2) is 19.3 Å². The van der Waals surface area contributed by atoms with Gasteiger partial charge in [-0.15, -0.1) is 0 Å². The van der Waals surface area contributed by atoms with Gasteiger partial charge in [-0.1, -0.05) is 48.0 Å². The molecule has 0 amide bonds. The van der Waals surface area contributed by atoms with Crippen LogP contribution in [0.2, 0.25) is 5.02 Å². The summed E-state index contributed by atoms with van der Waals surface area (Å²) >= 11 is 5.98. The van der Waals surface area contributed by atoms with E-state index in [1.165, 1.54) is 4.31 Å². The SMILES string of the molecule is O=S(=O)(c1ccc(C=Cc2cccc(Cl)c2)cc1)N1CCc2occc2C1. The molecule has 4 nitrogen and oxygen atoms in total. The van der Waals surface area contributed by atoms with Crippen molar-refractivity contribution in [2.45, 2.75) is 17.9 Å². The van der Waals surface area contributed by atoms with E-state index in [0.29, 0.717) is 29.4 Å². The number of fused-ring (bicyclic) bond motifs is 1. The van der Waals surface area contributed by atoms with Crippen molar-refractivity contribution in [2.24, 2.45) is 0 Å². The van der Waals surface area contributed by atoms with Crippen LogP contribution in [0.25, 0.3) is 12.2 Å². The summed E-state index contributed by atoms with van der Waals surface area (Å²) in [5.41, 5.74) is 2.85. The summed E-state index contributed by atoms with van der Waals surface area (Å²) in [6, 6.07) is 16.3. The lowest BCUT2D eigenvalue weighted by Gasteiger charge is -2.25. The first-order valence-electron chi connectivity index (χ1n) is 8.61. The van der Waals surface area contributed by atoms with Crippen molar-refractivity contribution in [3.05, 3.63) is 88.3 Å². The standard InChI is InChI=1S/C21H18ClNO3S/c22-19-3-1-2-17(14-19)5-4-16-6-8-20(9-7-16)27(24,25)23-12-10-21-18(15-23)11-13-26-21/h1-9,11,13-14H,10,12,15H2. The van der Waals surface area contributed by atoms with Crippen LogP contribution in [0, 0.1) is 0 Å². The molecular formula is C21H18ClNO3S. The second-order valence-electron chi connectivity index (χ2n) is 6.41. The lowest BCUT2D eigenvalue weighted by atomic mass is 10.1. The molecule has 0 saturated carbocycles. The fourth-order valence-electron chi connectivity index (χ4n) is 3.13. The molecule has 1 aliphatic heterocycles. The Bertz CT molecular complexity index is 1080. The van der Waals surface area contributed by atoms with Crippen LogP contribution in [0.4, 0.5) is 0 Å². The Kier molecular flexibility index (Phi) is 4.91. The molecule has 0 N–H and O–H groups in total. The van der Waals surface area contributed by atoms with E-state index < -0.39 is 10.0 Å². The van der Waals surface area contributed by atoms with Crippen molar-refractivity contribution in [1.82, 2.24) is 4.31 Å². The van der Waals surface area contributed by atoms with E-state index in [1.807, 2.05) is 42.5 Å². The van der Waals surface area contributed by atoms with Gasteiger partial charge in [-0.2, -0.15) is 4.31 Å². The van der Waals surface area contributed by atoms with Gasteiger partial charge < -0.3 is 4.42 Å². The Balaban J connectivity index is 1.51. The molecule has 1 aromatic heterocycles. The van der Waals surface area contributed by atoms with Gasteiger partial charge in [0.15, 0.2) is 0 Å². The van der Waals surface area contributed by atoms with Gasteiger partial charge in [0.05, 0.1) is 11.2 Å². The number of halogens is 1. The average Bonchev–Trinajstić information content (AvgIpc) is 3.15. The molecule has 0 radical (unpaired) electrons. The van der Waals surface area contributed by atoms with Crippen LogP contribution >= 0.6 is 11.6 Å². The van der Waals surface area contributed by atoms with Gasteiger partial charge in [0, 0.05) is 30.1 Å². The minimum absolute atomic E-state index is 0.300. The van der Waals surface area contributed by atoms with Crippen LogP contribution in [0.1, 0.15) is 22.5 Å². The summed E-state index contributed by atoms with van der Waals surface area (Å²) in [5.74, 6) is 0.878. The van der Waals surface area contributed by atoms with Crippen molar-refractivity contribution in [1.29, 1.82) is 0 Å². The molecule has 0 fully saturated rings. The van der Waals surface area contributed by atoms with Gasteiger partial charge in [-0.05, 0) is 41.5 Å². The highest BCUT2D eigenvalue weighted by Gasteiger charge is 2.29. The van der Waals surface area contributed by atoms with E-state index in [0.717, 1.165) is 22.5 Å². The zero-order valence-electron chi connectivity index (χ0n) is 14.5. The molecule has 0 aliphatic carbocycles. The zero-order chi connectivity index (χ0) is 18.9. The predicted octanol–water partition coefficient (Wildman–Crippen LogP) is 4.85.